The molecule has 2 aromatic carbocycles. The van der Waals surface area contributed by atoms with Crippen LogP contribution in [0.4, 0.5) is 0 Å². The van der Waals surface area contributed by atoms with Gasteiger partial charge in [-0.1, -0.05) is 42.5 Å². The minimum Gasteiger partial charge on any atom is -0.487 e. The quantitative estimate of drug-likeness (QED) is 0.779. The van der Waals surface area contributed by atoms with E-state index in [-0.39, 0.29) is 0 Å². The zero-order valence-corrected chi connectivity index (χ0v) is 11.8. The molecular formula is C18H18N2O. The number of hydrogen-bond donors (Lipinski definition) is 1. The summed E-state index contributed by atoms with van der Waals surface area (Å²) in [6.07, 6.45) is 0.821. The third-order valence-corrected chi connectivity index (χ3v) is 3.42. The molecule has 3 heteroatoms. The normalized spacial score (nSPS) is 10.7. The Morgan fingerprint density at radius 2 is 1.71 bits per heavy atom. The number of benzene rings is 2. The number of para-hydroxylation sites is 2. The van der Waals surface area contributed by atoms with E-state index >= 15 is 0 Å². The van der Waals surface area contributed by atoms with Gasteiger partial charge in [-0.15, -0.1) is 0 Å². The first-order valence-electron chi connectivity index (χ1n) is 7.12. The molecule has 2 N–H and O–H groups in total. The number of rotatable bonds is 5. The standard InChI is InChI=1S/C18H18N2O/c19-12-11-15-6-2-4-8-18(15)21-13-16-10-9-14-5-1-3-7-17(14)20-16/h1-10H,11-13,19H2. The highest BCUT2D eigenvalue weighted by Gasteiger charge is 2.04. The number of pyridine rings is 1. The Hall–Kier alpha value is -2.39. The van der Waals surface area contributed by atoms with Crippen LogP contribution < -0.4 is 10.5 Å². The monoisotopic (exact) mass is 278 g/mol. The number of hydrogen-bond acceptors (Lipinski definition) is 3. The molecule has 0 amide bonds. The van der Waals surface area contributed by atoms with Gasteiger partial charge in [0.2, 0.25) is 0 Å². The van der Waals surface area contributed by atoms with Gasteiger partial charge in [0.05, 0.1) is 11.2 Å². The first kappa shape index (κ1) is 13.6. The van der Waals surface area contributed by atoms with Crippen molar-refractivity contribution in [2.45, 2.75) is 13.0 Å². The highest BCUT2D eigenvalue weighted by Crippen LogP contribution is 2.20. The molecule has 0 saturated heterocycles. The molecule has 0 bridgehead atoms. The maximum atomic E-state index is 5.91. The second kappa shape index (κ2) is 6.37. The first-order chi connectivity index (χ1) is 10.4. The number of ether oxygens (including phenoxy) is 1. The van der Waals surface area contributed by atoms with Crippen molar-refractivity contribution < 1.29 is 4.74 Å². The number of aromatic nitrogens is 1. The molecule has 3 aromatic rings. The first-order valence-corrected chi connectivity index (χ1v) is 7.12. The van der Waals surface area contributed by atoms with Gasteiger partial charge in [-0.25, -0.2) is 4.98 Å². The summed E-state index contributed by atoms with van der Waals surface area (Å²) in [5, 5.41) is 1.14. The SMILES string of the molecule is NCCc1ccccc1OCc1ccc2ccccc2n1. The molecule has 0 spiro atoms. The summed E-state index contributed by atoms with van der Waals surface area (Å²) in [7, 11) is 0. The van der Waals surface area contributed by atoms with Gasteiger partial charge in [-0.05, 0) is 36.7 Å². The molecule has 0 saturated carbocycles. The molecule has 0 fully saturated rings. The third-order valence-electron chi connectivity index (χ3n) is 3.42. The van der Waals surface area contributed by atoms with Gasteiger partial charge in [0, 0.05) is 5.39 Å². The summed E-state index contributed by atoms with van der Waals surface area (Å²) in [5.74, 6) is 0.887. The van der Waals surface area contributed by atoms with E-state index in [4.69, 9.17) is 10.5 Å². The van der Waals surface area contributed by atoms with Gasteiger partial charge in [-0.3, -0.25) is 0 Å². The Morgan fingerprint density at radius 1 is 0.905 bits per heavy atom. The predicted molar refractivity (Wildman–Crippen MR) is 85.3 cm³/mol. The van der Waals surface area contributed by atoms with E-state index in [2.05, 4.69) is 23.2 Å². The average molecular weight is 278 g/mol. The molecular weight excluding hydrogens is 260 g/mol. The van der Waals surface area contributed by atoms with Crippen molar-refractivity contribution in [3.8, 4) is 5.75 Å². The van der Waals surface area contributed by atoms with Crippen LogP contribution in [0.5, 0.6) is 5.75 Å². The molecule has 0 atom stereocenters. The van der Waals surface area contributed by atoms with E-state index in [0.29, 0.717) is 13.2 Å². The van der Waals surface area contributed by atoms with E-state index in [0.717, 1.165) is 34.3 Å². The Bertz CT molecular complexity index is 740. The van der Waals surface area contributed by atoms with Gasteiger partial charge < -0.3 is 10.5 Å². The molecule has 1 aromatic heterocycles. The zero-order chi connectivity index (χ0) is 14.5. The maximum absolute atomic E-state index is 5.91. The topological polar surface area (TPSA) is 48.1 Å². The molecule has 0 unspecified atom stereocenters. The van der Waals surface area contributed by atoms with E-state index in [1.165, 1.54) is 0 Å². The molecule has 0 aliphatic heterocycles. The van der Waals surface area contributed by atoms with Crippen LogP contribution in [-0.2, 0) is 13.0 Å². The lowest BCUT2D eigenvalue weighted by Gasteiger charge is -2.11. The van der Waals surface area contributed by atoms with Gasteiger partial charge in [0.1, 0.15) is 12.4 Å². The van der Waals surface area contributed by atoms with Crippen LogP contribution in [-0.4, -0.2) is 11.5 Å². The van der Waals surface area contributed by atoms with Crippen LogP contribution in [0.2, 0.25) is 0 Å². The van der Waals surface area contributed by atoms with Crippen molar-refractivity contribution in [1.29, 1.82) is 0 Å². The lowest BCUT2D eigenvalue weighted by molar-refractivity contribution is 0.298. The van der Waals surface area contributed by atoms with E-state index in [1.807, 2.05) is 42.5 Å². The van der Waals surface area contributed by atoms with Crippen LogP contribution in [0.15, 0.2) is 60.7 Å². The molecule has 3 nitrogen and oxygen atoms in total. The summed E-state index contributed by atoms with van der Waals surface area (Å²) in [6, 6.07) is 20.2. The Morgan fingerprint density at radius 3 is 2.62 bits per heavy atom. The lowest BCUT2D eigenvalue weighted by Crippen LogP contribution is -2.06. The second-order valence-corrected chi connectivity index (χ2v) is 4.93. The van der Waals surface area contributed by atoms with Gasteiger partial charge >= 0.3 is 0 Å². The maximum Gasteiger partial charge on any atom is 0.130 e. The fourth-order valence-corrected chi connectivity index (χ4v) is 2.35. The summed E-state index contributed by atoms with van der Waals surface area (Å²) in [5.41, 5.74) is 8.69. The van der Waals surface area contributed by atoms with Crippen LogP contribution in [0.3, 0.4) is 0 Å². The van der Waals surface area contributed by atoms with Crippen LogP contribution in [0, 0.1) is 0 Å². The summed E-state index contributed by atoms with van der Waals surface area (Å²) >= 11 is 0. The van der Waals surface area contributed by atoms with Crippen molar-refractivity contribution in [2.24, 2.45) is 5.73 Å². The van der Waals surface area contributed by atoms with Gasteiger partial charge in [-0.2, -0.15) is 0 Å². The van der Waals surface area contributed by atoms with Crippen LogP contribution in [0.25, 0.3) is 10.9 Å². The molecule has 1 heterocycles. The fourth-order valence-electron chi connectivity index (χ4n) is 2.35. The van der Waals surface area contributed by atoms with Crippen LogP contribution >= 0.6 is 0 Å². The van der Waals surface area contributed by atoms with Crippen molar-refractivity contribution in [3.63, 3.8) is 0 Å². The van der Waals surface area contributed by atoms with Crippen molar-refractivity contribution in [2.75, 3.05) is 6.54 Å². The fraction of sp³-hybridized carbons (Fsp3) is 0.167. The minimum atomic E-state index is 0.465. The molecule has 0 radical (unpaired) electrons. The van der Waals surface area contributed by atoms with Crippen LogP contribution in [0.1, 0.15) is 11.3 Å². The average Bonchev–Trinajstić information content (AvgIpc) is 2.54. The predicted octanol–water partition coefficient (Wildman–Crippen LogP) is 3.32. The van der Waals surface area contributed by atoms with E-state index in [9.17, 15) is 0 Å². The molecule has 3 rings (SSSR count). The highest BCUT2D eigenvalue weighted by atomic mass is 16.5. The van der Waals surface area contributed by atoms with E-state index in [1.54, 1.807) is 0 Å². The molecule has 21 heavy (non-hydrogen) atoms. The second-order valence-electron chi connectivity index (χ2n) is 4.93. The Labute approximate surface area is 124 Å². The smallest absolute Gasteiger partial charge is 0.130 e. The lowest BCUT2D eigenvalue weighted by atomic mass is 10.1. The molecule has 0 aliphatic rings. The Balaban J connectivity index is 1.77. The summed E-state index contributed by atoms with van der Waals surface area (Å²) in [6.45, 7) is 1.08. The third kappa shape index (κ3) is 3.20. The van der Waals surface area contributed by atoms with Gasteiger partial charge in [0.15, 0.2) is 0 Å². The number of nitrogens with two attached hydrogens (primary N) is 1. The van der Waals surface area contributed by atoms with Gasteiger partial charge in [0.25, 0.3) is 0 Å². The van der Waals surface area contributed by atoms with Crippen molar-refractivity contribution in [3.05, 3.63) is 71.9 Å². The summed E-state index contributed by atoms with van der Waals surface area (Å²) < 4.78 is 5.91. The largest absolute Gasteiger partial charge is 0.487 e. The van der Waals surface area contributed by atoms with E-state index < -0.39 is 0 Å². The zero-order valence-electron chi connectivity index (χ0n) is 11.8. The van der Waals surface area contributed by atoms with Crippen molar-refractivity contribution in [1.82, 2.24) is 4.98 Å². The minimum absolute atomic E-state index is 0.465. The van der Waals surface area contributed by atoms with Crippen molar-refractivity contribution >= 4 is 10.9 Å². The number of nitrogens with zero attached hydrogens (tertiary/aromatic N) is 1. The Kier molecular flexibility index (Phi) is 4.12. The molecule has 0 aliphatic carbocycles. The number of fused-ring (bicyclic) bond motifs is 1. The summed E-state index contributed by atoms with van der Waals surface area (Å²) in [4.78, 5) is 4.62. The highest BCUT2D eigenvalue weighted by molar-refractivity contribution is 5.78. The molecule has 106 valence electrons.